The third kappa shape index (κ3) is 6.13. The minimum absolute atomic E-state index is 0.239. The Labute approximate surface area is 108 Å². The SMILES string of the molecule is C#CCCC1CCCCCC1CNC(C)(C)C. The fraction of sp³-hybridized carbons (Fsp3) is 0.875. The predicted octanol–water partition coefficient (Wildman–Crippen LogP) is 3.98. The van der Waals surface area contributed by atoms with Gasteiger partial charge in [-0.05, 0) is 52.0 Å². The molecule has 0 saturated heterocycles. The summed E-state index contributed by atoms with van der Waals surface area (Å²) in [6.07, 6.45) is 14.6. The Morgan fingerprint density at radius 1 is 1.12 bits per heavy atom. The molecule has 98 valence electrons. The quantitative estimate of drug-likeness (QED) is 0.574. The van der Waals surface area contributed by atoms with E-state index in [9.17, 15) is 0 Å². The van der Waals surface area contributed by atoms with Crippen molar-refractivity contribution in [1.29, 1.82) is 0 Å². The molecule has 1 aliphatic carbocycles. The number of hydrogen-bond donors (Lipinski definition) is 1. The standard InChI is InChI=1S/C16H29N/c1-5-6-10-14-11-8-7-9-12-15(14)13-17-16(2,3)4/h1,14-15,17H,6-13H2,2-4H3. The van der Waals surface area contributed by atoms with Crippen molar-refractivity contribution in [2.24, 2.45) is 11.8 Å². The van der Waals surface area contributed by atoms with Crippen LogP contribution >= 0.6 is 0 Å². The van der Waals surface area contributed by atoms with Gasteiger partial charge in [-0.1, -0.05) is 25.7 Å². The van der Waals surface area contributed by atoms with Gasteiger partial charge < -0.3 is 5.32 Å². The Morgan fingerprint density at radius 2 is 1.76 bits per heavy atom. The summed E-state index contributed by atoms with van der Waals surface area (Å²) >= 11 is 0. The van der Waals surface area contributed by atoms with Crippen LogP contribution in [0.1, 0.15) is 65.7 Å². The van der Waals surface area contributed by atoms with Crippen LogP contribution in [0.5, 0.6) is 0 Å². The Morgan fingerprint density at radius 3 is 2.35 bits per heavy atom. The molecule has 1 fully saturated rings. The number of terminal acetylenes is 1. The molecule has 0 amide bonds. The van der Waals surface area contributed by atoms with Crippen LogP contribution in [-0.4, -0.2) is 12.1 Å². The number of nitrogens with one attached hydrogen (secondary N) is 1. The molecule has 0 aromatic carbocycles. The molecule has 1 N–H and O–H groups in total. The Kier molecular flexibility index (Phi) is 6.06. The zero-order valence-electron chi connectivity index (χ0n) is 11.9. The molecule has 0 aromatic rings. The van der Waals surface area contributed by atoms with E-state index in [4.69, 9.17) is 6.42 Å². The largest absolute Gasteiger partial charge is 0.312 e. The molecule has 0 spiro atoms. The van der Waals surface area contributed by atoms with Gasteiger partial charge in [-0.3, -0.25) is 0 Å². The van der Waals surface area contributed by atoms with E-state index in [1.165, 1.54) is 45.1 Å². The predicted molar refractivity (Wildman–Crippen MR) is 75.9 cm³/mol. The molecule has 2 atom stereocenters. The second-order valence-electron chi connectivity index (χ2n) is 6.53. The fourth-order valence-electron chi connectivity index (χ4n) is 2.82. The van der Waals surface area contributed by atoms with Crippen molar-refractivity contribution in [1.82, 2.24) is 5.32 Å². The summed E-state index contributed by atoms with van der Waals surface area (Å²) in [5, 5.41) is 3.67. The first-order chi connectivity index (χ1) is 8.03. The van der Waals surface area contributed by atoms with E-state index in [1.807, 2.05) is 0 Å². The second-order valence-corrected chi connectivity index (χ2v) is 6.53. The summed E-state index contributed by atoms with van der Waals surface area (Å²) in [4.78, 5) is 0. The molecule has 17 heavy (non-hydrogen) atoms. The van der Waals surface area contributed by atoms with Gasteiger partial charge in [0.25, 0.3) is 0 Å². The van der Waals surface area contributed by atoms with Crippen LogP contribution in [0.2, 0.25) is 0 Å². The summed E-state index contributed by atoms with van der Waals surface area (Å²) in [5.41, 5.74) is 0.239. The van der Waals surface area contributed by atoms with Crippen LogP contribution in [0.4, 0.5) is 0 Å². The lowest BCUT2D eigenvalue weighted by atomic mass is 9.84. The highest BCUT2D eigenvalue weighted by Gasteiger charge is 2.24. The van der Waals surface area contributed by atoms with E-state index in [0.717, 1.165) is 18.3 Å². The molecule has 0 heterocycles. The van der Waals surface area contributed by atoms with Crippen molar-refractivity contribution in [2.75, 3.05) is 6.54 Å². The first-order valence-electron chi connectivity index (χ1n) is 7.21. The Hall–Kier alpha value is -0.480. The molecular weight excluding hydrogens is 206 g/mol. The second kappa shape index (κ2) is 7.07. The molecule has 0 aliphatic heterocycles. The number of hydrogen-bond acceptors (Lipinski definition) is 1. The molecule has 0 bridgehead atoms. The lowest BCUT2D eigenvalue weighted by Gasteiger charge is -2.29. The molecule has 1 heteroatoms. The fourth-order valence-corrected chi connectivity index (χ4v) is 2.82. The maximum atomic E-state index is 5.41. The molecule has 1 nitrogen and oxygen atoms in total. The van der Waals surface area contributed by atoms with Crippen molar-refractivity contribution in [3.05, 3.63) is 0 Å². The van der Waals surface area contributed by atoms with Gasteiger partial charge in [0.05, 0.1) is 0 Å². The van der Waals surface area contributed by atoms with Gasteiger partial charge in [-0.2, -0.15) is 0 Å². The van der Waals surface area contributed by atoms with Gasteiger partial charge >= 0.3 is 0 Å². The first-order valence-corrected chi connectivity index (χ1v) is 7.21. The molecule has 0 radical (unpaired) electrons. The van der Waals surface area contributed by atoms with Gasteiger partial charge in [0.2, 0.25) is 0 Å². The Bertz CT molecular complexity index is 243. The minimum atomic E-state index is 0.239. The van der Waals surface area contributed by atoms with Crippen LogP contribution in [0, 0.1) is 24.2 Å². The monoisotopic (exact) mass is 235 g/mol. The molecule has 0 aromatic heterocycles. The summed E-state index contributed by atoms with van der Waals surface area (Å²) in [6.45, 7) is 7.92. The van der Waals surface area contributed by atoms with E-state index < -0.39 is 0 Å². The summed E-state index contributed by atoms with van der Waals surface area (Å²) in [5.74, 6) is 4.50. The third-order valence-corrected chi connectivity index (χ3v) is 3.87. The third-order valence-electron chi connectivity index (χ3n) is 3.87. The summed E-state index contributed by atoms with van der Waals surface area (Å²) < 4.78 is 0. The van der Waals surface area contributed by atoms with Gasteiger partial charge in [-0.25, -0.2) is 0 Å². The van der Waals surface area contributed by atoms with E-state index in [1.54, 1.807) is 0 Å². The summed E-state index contributed by atoms with van der Waals surface area (Å²) in [7, 11) is 0. The topological polar surface area (TPSA) is 12.0 Å². The molecule has 2 unspecified atom stereocenters. The van der Waals surface area contributed by atoms with Crippen LogP contribution in [0.15, 0.2) is 0 Å². The molecule has 1 aliphatic rings. The van der Waals surface area contributed by atoms with Crippen molar-refractivity contribution in [3.63, 3.8) is 0 Å². The zero-order valence-corrected chi connectivity index (χ0v) is 11.9. The minimum Gasteiger partial charge on any atom is -0.312 e. The van der Waals surface area contributed by atoms with E-state index in [-0.39, 0.29) is 5.54 Å². The smallest absolute Gasteiger partial charge is 0.00966 e. The van der Waals surface area contributed by atoms with Crippen LogP contribution in [0.3, 0.4) is 0 Å². The average molecular weight is 235 g/mol. The highest BCUT2D eigenvalue weighted by molar-refractivity contribution is 4.87. The average Bonchev–Trinajstić information content (AvgIpc) is 2.47. The maximum Gasteiger partial charge on any atom is 0.00966 e. The van der Waals surface area contributed by atoms with E-state index >= 15 is 0 Å². The number of rotatable bonds is 4. The van der Waals surface area contributed by atoms with Crippen LogP contribution in [0.25, 0.3) is 0 Å². The van der Waals surface area contributed by atoms with Crippen LogP contribution in [-0.2, 0) is 0 Å². The molecule has 1 rings (SSSR count). The van der Waals surface area contributed by atoms with Gasteiger partial charge in [-0.15, -0.1) is 12.3 Å². The van der Waals surface area contributed by atoms with Crippen molar-refractivity contribution in [2.45, 2.75) is 71.3 Å². The van der Waals surface area contributed by atoms with Crippen molar-refractivity contribution in [3.8, 4) is 12.3 Å². The zero-order chi connectivity index (χ0) is 12.7. The lowest BCUT2D eigenvalue weighted by molar-refractivity contribution is 0.261. The van der Waals surface area contributed by atoms with Crippen molar-refractivity contribution >= 4 is 0 Å². The molecule has 1 saturated carbocycles. The van der Waals surface area contributed by atoms with Crippen molar-refractivity contribution < 1.29 is 0 Å². The van der Waals surface area contributed by atoms with Gasteiger partial charge in [0.1, 0.15) is 0 Å². The van der Waals surface area contributed by atoms with Gasteiger partial charge in [0.15, 0.2) is 0 Å². The van der Waals surface area contributed by atoms with Crippen LogP contribution < -0.4 is 5.32 Å². The highest BCUT2D eigenvalue weighted by atomic mass is 14.9. The highest BCUT2D eigenvalue weighted by Crippen LogP contribution is 2.31. The Balaban J connectivity index is 2.47. The molecular formula is C16H29N. The summed E-state index contributed by atoms with van der Waals surface area (Å²) in [6, 6.07) is 0. The first kappa shape index (κ1) is 14.6. The van der Waals surface area contributed by atoms with Gasteiger partial charge in [0, 0.05) is 12.0 Å². The van der Waals surface area contributed by atoms with E-state index in [2.05, 4.69) is 32.0 Å². The van der Waals surface area contributed by atoms with E-state index in [0.29, 0.717) is 0 Å². The normalized spacial score (nSPS) is 26.2. The lowest BCUT2D eigenvalue weighted by Crippen LogP contribution is -2.40. The maximum absolute atomic E-state index is 5.41.